The van der Waals surface area contributed by atoms with Crippen LogP contribution >= 0.6 is 0 Å². The second-order valence-corrected chi connectivity index (χ2v) is 6.03. The second kappa shape index (κ2) is 7.25. The van der Waals surface area contributed by atoms with Crippen LogP contribution in [0, 0.1) is 5.82 Å². The van der Waals surface area contributed by atoms with E-state index in [1.807, 2.05) is 20.8 Å². The summed E-state index contributed by atoms with van der Waals surface area (Å²) in [6.45, 7) is 14.4. The van der Waals surface area contributed by atoms with E-state index in [1.165, 1.54) is 12.1 Å². The van der Waals surface area contributed by atoms with Gasteiger partial charge in [-0.2, -0.15) is 5.10 Å². The van der Waals surface area contributed by atoms with E-state index >= 15 is 0 Å². The molecule has 0 radical (unpaired) electrons. The molecule has 1 heterocycles. The van der Waals surface area contributed by atoms with Gasteiger partial charge in [-0.05, 0) is 44.0 Å². The van der Waals surface area contributed by atoms with Crippen LogP contribution in [0.1, 0.15) is 26.3 Å². The summed E-state index contributed by atoms with van der Waals surface area (Å²) in [5, 5.41) is 6.63. The first-order chi connectivity index (χ1) is 11.3. The predicted octanol–water partition coefficient (Wildman–Crippen LogP) is 1.54. The maximum Gasteiger partial charge on any atom is 0.123 e. The number of hydrogen-bond donors (Lipinski definition) is 1. The van der Waals surface area contributed by atoms with Gasteiger partial charge in [-0.15, -0.1) is 0 Å². The van der Waals surface area contributed by atoms with Crippen molar-refractivity contribution in [3.8, 4) is 0 Å². The molecule has 126 valence electrons. The third-order valence-electron chi connectivity index (χ3n) is 3.56. The lowest BCUT2D eigenvalue weighted by molar-refractivity contribution is 0.627. The number of halogens is 1. The average molecular weight is 326 g/mol. The van der Waals surface area contributed by atoms with E-state index in [-0.39, 0.29) is 11.9 Å². The molecule has 1 aromatic carbocycles. The molecule has 0 aliphatic rings. The van der Waals surface area contributed by atoms with Crippen LogP contribution in [0.5, 0.6) is 0 Å². The summed E-state index contributed by atoms with van der Waals surface area (Å²) >= 11 is 0. The van der Waals surface area contributed by atoms with Crippen molar-refractivity contribution >= 4 is 17.8 Å². The molecule has 0 fully saturated rings. The topological polar surface area (TPSA) is 56.2 Å². The molecule has 1 aromatic heterocycles. The number of benzene rings is 1. The van der Waals surface area contributed by atoms with Crippen molar-refractivity contribution in [2.75, 3.05) is 0 Å². The van der Waals surface area contributed by atoms with Crippen molar-refractivity contribution in [3.05, 3.63) is 64.3 Å². The van der Waals surface area contributed by atoms with Crippen LogP contribution in [0.2, 0.25) is 0 Å². The van der Waals surface area contributed by atoms with E-state index in [0.717, 1.165) is 21.7 Å². The molecule has 4 nitrogen and oxygen atoms in total. The Labute approximate surface area is 141 Å². The molecule has 0 amide bonds. The third kappa shape index (κ3) is 3.98. The van der Waals surface area contributed by atoms with Gasteiger partial charge in [-0.25, -0.2) is 4.39 Å². The van der Waals surface area contributed by atoms with Crippen molar-refractivity contribution in [1.82, 2.24) is 9.78 Å². The number of rotatable bonds is 4. The standard InChI is InChI=1S/C19H23FN4/c1-12(2)23-18-10-22-24(15(5)19(18)14(4)21)11-13(3)16-6-8-17(20)9-7-16/h6-10,12H,3,5,11,21H2,1-2,4H3. The molecular weight excluding hydrogens is 303 g/mol. The van der Waals surface area contributed by atoms with Gasteiger partial charge >= 0.3 is 0 Å². The Morgan fingerprint density at radius 3 is 2.50 bits per heavy atom. The van der Waals surface area contributed by atoms with Gasteiger partial charge in [0.25, 0.3) is 0 Å². The van der Waals surface area contributed by atoms with Gasteiger partial charge in [0.2, 0.25) is 0 Å². The van der Waals surface area contributed by atoms with Gasteiger partial charge in [0.05, 0.1) is 23.4 Å². The summed E-state index contributed by atoms with van der Waals surface area (Å²) < 4.78 is 14.8. The minimum Gasteiger partial charge on any atom is -0.402 e. The number of nitrogens with zero attached hydrogens (tertiary/aromatic N) is 3. The summed E-state index contributed by atoms with van der Waals surface area (Å²) in [6.07, 6.45) is 1.69. The Morgan fingerprint density at radius 1 is 1.33 bits per heavy atom. The molecular formula is C19H23FN4. The third-order valence-corrected chi connectivity index (χ3v) is 3.56. The molecule has 0 aliphatic heterocycles. The first kappa shape index (κ1) is 17.7. The molecule has 0 saturated heterocycles. The minimum absolute atomic E-state index is 0.134. The highest BCUT2D eigenvalue weighted by Crippen LogP contribution is 2.13. The summed E-state index contributed by atoms with van der Waals surface area (Å²) in [5.41, 5.74) is 8.34. The highest BCUT2D eigenvalue weighted by molar-refractivity contribution is 5.62. The minimum atomic E-state index is -0.273. The number of allylic oxidation sites excluding steroid dienone is 1. The van der Waals surface area contributed by atoms with Gasteiger partial charge < -0.3 is 5.73 Å². The zero-order valence-electron chi connectivity index (χ0n) is 14.4. The first-order valence-corrected chi connectivity index (χ1v) is 7.78. The molecule has 2 rings (SSSR count). The molecule has 0 unspecified atom stereocenters. The second-order valence-electron chi connectivity index (χ2n) is 6.03. The van der Waals surface area contributed by atoms with Crippen molar-refractivity contribution < 1.29 is 4.39 Å². The lowest BCUT2D eigenvalue weighted by atomic mass is 10.1. The Kier molecular flexibility index (Phi) is 5.34. The molecule has 2 N–H and O–H groups in total. The van der Waals surface area contributed by atoms with Gasteiger partial charge in [-0.1, -0.05) is 25.3 Å². The zero-order chi connectivity index (χ0) is 17.9. The van der Waals surface area contributed by atoms with E-state index in [9.17, 15) is 4.39 Å². The van der Waals surface area contributed by atoms with Gasteiger partial charge in [0.15, 0.2) is 0 Å². The quantitative estimate of drug-likeness (QED) is 0.927. The predicted molar refractivity (Wildman–Crippen MR) is 96.4 cm³/mol. The summed E-state index contributed by atoms with van der Waals surface area (Å²) in [7, 11) is 0. The van der Waals surface area contributed by atoms with Gasteiger partial charge in [-0.3, -0.25) is 9.67 Å². The maximum atomic E-state index is 13.0. The largest absolute Gasteiger partial charge is 0.402 e. The summed E-state index contributed by atoms with van der Waals surface area (Å²) in [6, 6.07) is 6.36. The molecule has 5 heteroatoms. The van der Waals surface area contributed by atoms with Crippen molar-refractivity contribution in [1.29, 1.82) is 0 Å². The Bertz CT molecular complexity index is 917. The monoisotopic (exact) mass is 326 g/mol. The van der Waals surface area contributed by atoms with E-state index in [0.29, 0.717) is 17.6 Å². The normalized spacial score (nSPS) is 13.3. The Balaban J connectivity index is 2.48. The SMILES string of the molecule is C=C(Cn1ncc(=NC(C)C)c(=C(C)N)c1=C)c1ccc(F)cc1. The van der Waals surface area contributed by atoms with Crippen LogP contribution in [-0.2, 0) is 6.54 Å². The van der Waals surface area contributed by atoms with Crippen LogP contribution < -0.4 is 21.7 Å². The van der Waals surface area contributed by atoms with Gasteiger partial charge in [0, 0.05) is 17.0 Å². The van der Waals surface area contributed by atoms with Crippen LogP contribution in [-0.4, -0.2) is 15.8 Å². The van der Waals surface area contributed by atoms with E-state index in [2.05, 4.69) is 23.2 Å². The molecule has 0 saturated carbocycles. The molecule has 24 heavy (non-hydrogen) atoms. The molecule has 0 spiro atoms. The first-order valence-electron chi connectivity index (χ1n) is 7.78. The number of hydrogen-bond acceptors (Lipinski definition) is 3. The summed E-state index contributed by atoms with van der Waals surface area (Å²) in [4.78, 5) is 4.55. The fraction of sp³-hybridized carbons (Fsp3) is 0.263. The van der Waals surface area contributed by atoms with Crippen molar-refractivity contribution in [2.24, 2.45) is 10.7 Å². The van der Waals surface area contributed by atoms with Crippen LogP contribution in [0.25, 0.3) is 17.8 Å². The maximum absolute atomic E-state index is 13.0. The van der Waals surface area contributed by atoms with E-state index < -0.39 is 0 Å². The van der Waals surface area contributed by atoms with Crippen LogP contribution in [0.3, 0.4) is 0 Å². The Morgan fingerprint density at radius 2 is 1.96 bits per heavy atom. The molecule has 0 aliphatic carbocycles. The van der Waals surface area contributed by atoms with Crippen molar-refractivity contribution in [2.45, 2.75) is 33.4 Å². The van der Waals surface area contributed by atoms with E-state index in [1.54, 1.807) is 23.0 Å². The Hall–Kier alpha value is -2.69. The number of aromatic nitrogens is 2. The molecule has 0 bridgehead atoms. The fourth-order valence-electron chi connectivity index (χ4n) is 2.44. The fourth-order valence-corrected chi connectivity index (χ4v) is 2.44. The smallest absolute Gasteiger partial charge is 0.123 e. The highest BCUT2D eigenvalue weighted by atomic mass is 19.1. The lowest BCUT2D eigenvalue weighted by Crippen LogP contribution is -2.48. The lowest BCUT2D eigenvalue weighted by Gasteiger charge is -2.11. The molecule has 0 atom stereocenters. The number of nitrogens with two attached hydrogens (primary N) is 1. The van der Waals surface area contributed by atoms with Crippen LogP contribution in [0.4, 0.5) is 4.39 Å². The van der Waals surface area contributed by atoms with Gasteiger partial charge in [0.1, 0.15) is 5.82 Å². The van der Waals surface area contributed by atoms with Crippen LogP contribution in [0.15, 0.2) is 42.0 Å². The zero-order valence-corrected chi connectivity index (χ0v) is 14.4. The summed E-state index contributed by atoms with van der Waals surface area (Å²) in [5.74, 6) is -0.273. The highest BCUT2D eigenvalue weighted by Gasteiger charge is 2.04. The van der Waals surface area contributed by atoms with E-state index in [4.69, 9.17) is 5.73 Å². The van der Waals surface area contributed by atoms with Crippen molar-refractivity contribution in [3.63, 3.8) is 0 Å². The molecule has 2 aromatic rings. The average Bonchev–Trinajstić information content (AvgIpc) is 2.49.